The first-order chi connectivity index (χ1) is 10.1. The fraction of sp³-hybridized carbons (Fsp3) is 0.429. The van der Waals surface area contributed by atoms with Crippen LogP contribution in [0.25, 0.3) is 0 Å². The van der Waals surface area contributed by atoms with Crippen molar-refractivity contribution in [3.63, 3.8) is 0 Å². The minimum Gasteiger partial charge on any atom is -0.478 e. The quantitative estimate of drug-likeness (QED) is 0.799. The summed E-state index contributed by atoms with van der Waals surface area (Å²) in [5.41, 5.74) is -0.181. The number of carboxylic acids is 1. The van der Waals surface area contributed by atoms with E-state index in [1.807, 2.05) is 11.8 Å². The lowest BCUT2D eigenvalue weighted by molar-refractivity contribution is 0.0697. The van der Waals surface area contributed by atoms with Crippen LogP contribution in [0.5, 0.6) is 0 Å². The smallest absolute Gasteiger partial charge is 0.337 e. The van der Waals surface area contributed by atoms with Gasteiger partial charge in [0.2, 0.25) is 0 Å². The number of carbonyl (C=O) groups is 2. The van der Waals surface area contributed by atoms with Crippen molar-refractivity contribution < 1.29 is 19.1 Å². The number of amides is 2. The topological polar surface area (TPSA) is 78.4 Å². The van der Waals surface area contributed by atoms with E-state index in [-0.39, 0.29) is 11.3 Å². The van der Waals surface area contributed by atoms with E-state index in [0.717, 1.165) is 36.5 Å². The summed E-state index contributed by atoms with van der Waals surface area (Å²) in [5, 5.41) is 14.2. The van der Waals surface area contributed by atoms with Crippen LogP contribution in [0.4, 0.5) is 14.9 Å². The number of aromatic carboxylic acids is 1. The minimum atomic E-state index is -1.28. The van der Waals surface area contributed by atoms with Crippen LogP contribution >= 0.6 is 11.8 Å². The first kappa shape index (κ1) is 15.6. The van der Waals surface area contributed by atoms with Gasteiger partial charge >= 0.3 is 12.0 Å². The Hall–Kier alpha value is -1.76. The lowest BCUT2D eigenvalue weighted by atomic mass is 10.0. The first-order valence-electron chi connectivity index (χ1n) is 6.71. The van der Waals surface area contributed by atoms with Crippen LogP contribution in [0.15, 0.2) is 18.2 Å². The van der Waals surface area contributed by atoms with Crippen LogP contribution in [-0.4, -0.2) is 35.2 Å². The van der Waals surface area contributed by atoms with Crippen LogP contribution in [0.1, 0.15) is 23.2 Å². The standard InChI is InChI=1S/C14H17FN2O3S/c15-10-1-2-12(11(7-10)13(18)19)17-14(20)16-8-9-3-5-21-6-4-9/h1-2,7,9H,3-6,8H2,(H,18,19)(H2,16,17,20). The monoisotopic (exact) mass is 312 g/mol. The van der Waals surface area contributed by atoms with Crippen molar-refractivity contribution in [3.05, 3.63) is 29.6 Å². The molecule has 1 aliphatic heterocycles. The Morgan fingerprint density at radius 2 is 2.05 bits per heavy atom. The molecule has 0 unspecified atom stereocenters. The molecule has 0 bridgehead atoms. The van der Waals surface area contributed by atoms with Crippen LogP contribution < -0.4 is 10.6 Å². The lowest BCUT2D eigenvalue weighted by Crippen LogP contribution is -2.34. The van der Waals surface area contributed by atoms with Crippen molar-refractivity contribution in [3.8, 4) is 0 Å². The molecule has 1 aromatic carbocycles. The normalized spacial score (nSPS) is 15.5. The van der Waals surface area contributed by atoms with Crippen molar-refractivity contribution in [2.24, 2.45) is 5.92 Å². The number of benzene rings is 1. The Bertz CT molecular complexity index is 533. The highest BCUT2D eigenvalue weighted by molar-refractivity contribution is 7.99. The summed E-state index contributed by atoms with van der Waals surface area (Å²) in [6.07, 6.45) is 2.14. The molecule has 5 nitrogen and oxygen atoms in total. The zero-order valence-electron chi connectivity index (χ0n) is 11.4. The number of hydrogen-bond donors (Lipinski definition) is 3. The van der Waals surface area contributed by atoms with E-state index in [4.69, 9.17) is 5.11 Å². The second-order valence-corrected chi connectivity index (χ2v) is 6.11. The van der Waals surface area contributed by atoms with E-state index in [1.165, 1.54) is 6.07 Å². The minimum absolute atomic E-state index is 0.0839. The number of thioether (sulfide) groups is 1. The predicted octanol–water partition coefficient (Wildman–Crippen LogP) is 2.79. The van der Waals surface area contributed by atoms with Crippen LogP contribution in [-0.2, 0) is 0 Å². The highest BCUT2D eigenvalue weighted by Gasteiger charge is 2.16. The molecule has 0 aromatic heterocycles. The maximum atomic E-state index is 13.0. The van der Waals surface area contributed by atoms with Crippen molar-refractivity contribution >= 4 is 29.4 Å². The molecule has 7 heteroatoms. The Morgan fingerprint density at radius 1 is 1.33 bits per heavy atom. The van der Waals surface area contributed by atoms with E-state index in [2.05, 4.69) is 10.6 Å². The summed E-state index contributed by atoms with van der Waals surface area (Å²) in [5.74, 6) is 0.737. The van der Waals surface area contributed by atoms with Crippen LogP contribution in [0.3, 0.4) is 0 Å². The highest BCUT2D eigenvalue weighted by atomic mass is 32.2. The van der Waals surface area contributed by atoms with Crippen LogP contribution in [0.2, 0.25) is 0 Å². The van der Waals surface area contributed by atoms with Gasteiger partial charge in [-0.15, -0.1) is 0 Å². The van der Waals surface area contributed by atoms with E-state index in [1.54, 1.807) is 0 Å². The van der Waals surface area contributed by atoms with Gasteiger partial charge in [-0.05, 0) is 48.5 Å². The molecule has 1 aliphatic rings. The second kappa shape index (κ2) is 7.31. The van der Waals surface area contributed by atoms with Gasteiger partial charge in [0, 0.05) is 6.54 Å². The van der Waals surface area contributed by atoms with E-state index < -0.39 is 17.8 Å². The molecular formula is C14H17FN2O3S. The van der Waals surface area contributed by atoms with Gasteiger partial charge < -0.3 is 15.7 Å². The predicted molar refractivity (Wildman–Crippen MR) is 80.4 cm³/mol. The van der Waals surface area contributed by atoms with Gasteiger partial charge in [0.15, 0.2) is 0 Å². The van der Waals surface area contributed by atoms with E-state index in [0.29, 0.717) is 12.5 Å². The first-order valence-corrected chi connectivity index (χ1v) is 7.87. The van der Waals surface area contributed by atoms with Gasteiger partial charge in [0.25, 0.3) is 0 Å². The molecule has 1 saturated heterocycles. The summed E-state index contributed by atoms with van der Waals surface area (Å²) < 4.78 is 13.0. The molecule has 21 heavy (non-hydrogen) atoms. The summed E-state index contributed by atoms with van der Waals surface area (Å²) in [6, 6.07) is 2.77. The molecule has 3 N–H and O–H groups in total. The number of rotatable bonds is 4. The number of halogens is 1. The third-order valence-corrected chi connectivity index (χ3v) is 4.40. The van der Waals surface area contributed by atoms with E-state index >= 15 is 0 Å². The third-order valence-electron chi connectivity index (χ3n) is 3.35. The molecule has 1 heterocycles. The molecule has 0 saturated carbocycles. The van der Waals surface area contributed by atoms with Gasteiger partial charge in [-0.25, -0.2) is 14.0 Å². The van der Waals surface area contributed by atoms with Gasteiger partial charge in [-0.2, -0.15) is 11.8 Å². The van der Waals surface area contributed by atoms with Crippen molar-refractivity contribution in [1.82, 2.24) is 5.32 Å². The maximum absolute atomic E-state index is 13.0. The Labute approximate surface area is 126 Å². The largest absolute Gasteiger partial charge is 0.478 e. The van der Waals surface area contributed by atoms with Gasteiger partial charge in [-0.3, -0.25) is 0 Å². The average molecular weight is 312 g/mol. The molecule has 0 atom stereocenters. The Morgan fingerprint density at radius 3 is 2.71 bits per heavy atom. The van der Waals surface area contributed by atoms with Gasteiger partial charge in [0.05, 0.1) is 11.3 Å². The second-order valence-electron chi connectivity index (χ2n) is 4.89. The zero-order chi connectivity index (χ0) is 15.2. The number of anilines is 1. The van der Waals surface area contributed by atoms with E-state index in [9.17, 15) is 14.0 Å². The number of urea groups is 1. The number of hydrogen-bond acceptors (Lipinski definition) is 3. The summed E-state index contributed by atoms with van der Waals surface area (Å²) in [7, 11) is 0. The molecule has 1 fully saturated rings. The highest BCUT2D eigenvalue weighted by Crippen LogP contribution is 2.22. The van der Waals surface area contributed by atoms with Crippen molar-refractivity contribution in [2.45, 2.75) is 12.8 Å². The fourth-order valence-corrected chi connectivity index (χ4v) is 3.36. The SMILES string of the molecule is O=C(NCC1CCSCC1)Nc1ccc(F)cc1C(=O)O. The van der Waals surface area contributed by atoms with Crippen LogP contribution in [0, 0.1) is 11.7 Å². The summed E-state index contributed by atoms with van der Waals surface area (Å²) >= 11 is 1.91. The summed E-state index contributed by atoms with van der Waals surface area (Å²) in [6.45, 7) is 0.565. The van der Waals surface area contributed by atoms with Crippen molar-refractivity contribution in [1.29, 1.82) is 0 Å². The zero-order valence-corrected chi connectivity index (χ0v) is 12.2. The molecular weight excluding hydrogens is 295 g/mol. The van der Waals surface area contributed by atoms with Crippen molar-refractivity contribution in [2.75, 3.05) is 23.4 Å². The Balaban J connectivity index is 1.91. The Kier molecular flexibility index (Phi) is 5.44. The molecule has 0 spiro atoms. The lowest BCUT2D eigenvalue weighted by Gasteiger charge is -2.21. The molecule has 2 rings (SSSR count). The molecule has 1 aromatic rings. The maximum Gasteiger partial charge on any atom is 0.337 e. The molecule has 114 valence electrons. The molecule has 2 amide bonds. The summed E-state index contributed by atoms with van der Waals surface area (Å²) in [4.78, 5) is 22.8. The fourth-order valence-electron chi connectivity index (χ4n) is 2.16. The molecule has 0 radical (unpaired) electrons. The average Bonchev–Trinajstić information content (AvgIpc) is 2.48. The van der Waals surface area contributed by atoms with Gasteiger partial charge in [0.1, 0.15) is 5.82 Å². The number of nitrogens with one attached hydrogen (secondary N) is 2. The number of carboxylic acid groups (broad SMARTS) is 1. The number of carbonyl (C=O) groups excluding carboxylic acids is 1. The molecule has 0 aliphatic carbocycles. The van der Waals surface area contributed by atoms with Gasteiger partial charge in [-0.1, -0.05) is 0 Å². The third kappa shape index (κ3) is 4.63.